The molecule has 0 amide bonds. The lowest BCUT2D eigenvalue weighted by atomic mass is 9.96. The maximum Gasteiger partial charge on any atom is 0.251 e. The Morgan fingerprint density at radius 3 is 2.85 bits per heavy atom. The summed E-state index contributed by atoms with van der Waals surface area (Å²) in [4.78, 5) is 21.9. The van der Waals surface area contributed by atoms with E-state index < -0.39 is 0 Å². The average molecular weight is 371 g/mol. The number of hydrogen-bond acceptors (Lipinski definition) is 5. The first-order chi connectivity index (χ1) is 13.1. The number of likely N-dealkylation sites (tertiary alicyclic amines) is 1. The molecule has 6 nitrogen and oxygen atoms in total. The topological polar surface area (TPSA) is 67.5 Å². The SMILES string of the molecule is CCOc1ccc(CN2CCCC(c3nc(CC)cc(=O)[nH]3)C2)cc1OC. The van der Waals surface area contributed by atoms with E-state index >= 15 is 0 Å². The van der Waals surface area contributed by atoms with Crippen LogP contribution in [0.15, 0.2) is 29.1 Å². The van der Waals surface area contributed by atoms with E-state index in [1.165, 1.54) is 5.56 Å². The number of nitrogens with zero attached hydrogens (tertiary/aromatic N) is 2. The fourth-order valence-electron chi connectivity index (χ4n) is 3.67. The third kappa shape index (κ3) is 4.89. The second-order valence-corrected chi connectivity index (χ2v) is 6.97. The van der Waals surface area contributed by atoms with Crippen LogP contribution >= 0.6 is 0 Å². The Morgan fingerprint density at radius 1 is 1.26 bits per heavy atom. The summed E-state index contributed by atoms with van der Waals surface area (Å²) in [5.41, 5.74) is 2.01. The Hall–Kier alpha value is -2.34. The molecule has 1 atom stereocenters. The number of piperidine rings is 1. The van der Waals surface area contributed by atoms with Gasteiger partial charge in [0.05, 0.1) is 13.7 Å². The highest BCUT2D eigenvalue weighted by molar-refractivity contribution is 5.43. The van der Waals surface area contributed by atoms with Crippen LogP contribution in [0.4, 0.5) is 0 Å². The summed E-state index contributed by atoms with van der Waals surface area (Å²) in [6.45, 7) is 7.39. The lowest BCUT2D eigenvalue weighted by Gasteiger charge is -2.32. The lowest BCUT2D eigenvalue weighted by Crippen LogP contribution is -2.35. The van der Waals surface area contributed by atoms with Crippen LogP contribution in [0.1, 0.15) is 49.7 Å². The molecule has 0 aliphatic carbocycles. The number of H-pyrrole nitrogens is 1. The standard InChI is InChI=1S/C21H29N3O3/c1-4-17-12-20(25)23-21(22-17)16-7-6-10-24(14-16)13-15-8-9-18(27-5-2)19(11-15)26-3/h8-9,11-12,16H,4-7,10,13-14H2,1-3H3,(H,22,23,25). The van der Waals surface area contributed by atoms with Crippen LogP contribution in [0.5, 0.6) is 11.5 Å². The molecule has 1 aromatic heterocycles. The first-order valence-corrected chi connectivity index (χ1v) is 9.75. The molecule has 0 radical (unpaired) electrons. The number of benzene rings is 1. The molecule has 0 bridgehead atoms. The van der Waals surface area contributed by atoms with Crippen LogP contribution in [0.2, 0.25) is 0 Å². The van der Waals surface area contributed by atoms with Crippen molar-refractivity contribution in [2.24, 2.45) is 0 Å². The van der Waals surface area contributed by atoms with E-state index in [0.29, 0.717) is 6.61 Å². The maximum atomic E-state index is 11.9. The Kier molecular flexibility index (Phi) is 6.50. The van der Waals surface area contributed by atoms with Gasteiger partial charge in [0.2, 0.25) is 0 Å². The van der Waals surface area contributed by atoms with E-state index in [4.69, 9.17) is 9.47 Å². The van der Waals surface area contributed by atoms with Gasteiger partial charge in [-0.25, -0.2) is 4.98 Å². The largest absolute Gasteiger partial charge is 0.493 e. The predicted molar refractivity (Wildman–Crippen MR) is 106 cm³/mol. The summed E-state index contributed by atoms with van der Waals surface area (Å²) in [6.07, 6.45) is 2.93. The predicted octanol–water partition coefficient (Wildman–Crippen LogP) is 3.12. The molecule has 1 saturated heterocycles. The Morgan fingerprint density at radius 2 is 2.11 bits per heavy atom. The molecule has 0 saturated carbocycles. The van der Waals surface area contributed by atoms with Crippen LogP contribution < -0.4 is 15.0 Å². The van der Waals surface area contributed by atoms with E-state index in [9.17, 15) is 4.79 Å². The number of nitrogens with one attached hydrogen (secondary N) is 1. The molecular formula is C21H29N3O3. The maximum absolute atomic E-state index is 11.9. The fourth-order valence-corrected chi connectivity index (χ4v) is 3.67. The zero-order valence-electron chi connectivity index (χ0n) is 16.5. The van der Waals surface area contributed by atoms with Crippen molar-refractivity contribution in [2.75, 3.05) is 26.8 Å². The van der Waals surface area contributed by atoms with Crippen molar-refractivity contribution in [1.29, 1.82) is 0 Å². The monoisotopic (exact) mass is 371 g/mol. The number of aromatic nitrogens is 2. The van der Waals surface area contributed by atoms with Gasteiger partial charge in [-0.1, -0.05) is 13.0 Å². The van der Waals surface area contributed by atoms with Crippen molar-refractivity contribution in [3.8, 4) is 11.5 Å². The number of aromatic amines is 1. The summed E-state index contributed by atoms with van der Waals surface area (Å²) in [6, 6.07) is 7.71. The van der Waals surface area contributed by atoms with Crippen LogP contribution in [0.25, 0.3) is 0 Å². The van der Waals surface area contributed by atoms with Gasteiger partial charge in [0.1, 0.15) is 5.82 Å². The lowest BCUT2D eigenvalue weighted by molar-refractivity contribution is 0.196. The molecule has 146 valence electrons. The number of hydrogen-bond donors (Lipinski definition) is 1. The summed E-state index contributed by atoms with van der Waals surface area (Å²) >= 11 is 0. The number of rotatable bonds is 7. The van der Waals surface area contributed by atoms with Crippen molar-refractivity contribution in [2.45, 2.75) is 45.6 Å². The van der Waals surface area contributed by atoms with Crippen molar-refractivity contribution in [3.63, 3.8) is 0 Å². The van der Waals surface area contributed by atoms with Gasteiger partial charge in [-0.15, -0.1) is 0 Å². The van der Waals surface area contributed by atoms with Crippen LogP contribution in [-0.2, 0) is 13.0 Å². The van der Waals surface area contributed by atoms with Crippen LogP contribution in [-0.4, -0.2) is 41.7 Å². The van der Waals surface area contributed by atoms with Gasteiger partial charge in [-0.3, -0.25) is 9.69 Å². The first-order valence-electron chi connectivity index (χ1n) is 9.75. The normalized spacial score (nSPS) is 17.7. The third-order valence-corrected chi connectivity index (χ3v) is 5.00. The molecule has 1 N–H and O–H groups in total. The summed E-state index contributed by atoms with van der Waals surface area (Å²) in [5, 5.41) is 0. The van der Waals surface area contributed by atoms with Crippen molar-refractivity contribution in [1.82, 2.24) is 14.9 Å². The van der Waals surface area contributed by atoms with Gasteiger partial charge in [0.15, 0.2) is 11.5 Å². The molecule has 1 fully saturated rings. The van der Waals surface area contributed by atoms with Crippen molar-refractivity contribution in [3.05, 3.63) is 51.7 Å². The molecule has 3 rings (SSSR count). The Labute approximate surface area is 160 Å². The minimum absolute atomic E-state index is 0.0507. The number of aryl methyl sites for hydroxylation is 1. The summed E-state index contributed by atoms with van der Waals surface area (Å²) < 4.78 is 11.1. The van der Waals surface area contributed by atoms with E-state index in [1.807, 2.05) is 26.0 Å². The molecular weight excluding hydrogens is 342 g/mol. The van der Waals surface area contributed by atoms with Crippen LogP contribution in [0, 0.1) is 0 Å². The van der Waals surface area contributed by atoms with E-state index in [1.54, 1.807) is 13.2 Å². The van der Waals surface area contributed by atoms with E-state index in [2.05, 4.69) is 20.9 Å². The second kappa shape index (κ2) is 9.04. The molecule has 1 aromatic carbocycles. The molecule has 2 heterocycles. The Bertz CT molecular complexity index is 819. The average Bonchev–Trinajstić information content (AvgIpc) is 2.69. The fraction of sp³-hybridized carbons (Fsp3) is 0.524. The highest BCUT2D eigenvalue weighted by atomic mass is 16.5. The van der Waals surface area contributed by atoms with Crippen LogP contribution in [0.3, 0.4) is 0 Å². The zero-order chi connectivity index (χ0) is 19.2. The minimum Gasteiger partial charge on any atom is -0.493 e. The quantitative estimate of drug-likeness (QED) is 0.810. The summed E-state index contributed by atoms with van der Waals surface area (Å²) in [5.74, 6) is 2.64. The molecule has 6 heteroatoms. The highest BCUT2D eigenvalue weighted by Crippen LogP contribution is 2.30. The number of ether oxygens (including phenoxy) is 2. The number of methoxy groups -OCH3 is 1. The van der Waals surface area contributed by atoms with Gasteiger partial charge in [-0.05, 0) is 50.4 Å². The third-order valence-electron chi connectivity index (χ3n) is 5.00. The Balaban J connectivity index is 1.71. The molecule has 27 heavy (non-hydrogen) atoms. The zero-order valence-corrected chi connectivity index (χ0v) is 16.5. The first kappa shape index (κ1) is 19.4. The molecule has 1 aliphatic rings. The van der Waals surface area contributed by atoms with Gasteiger partial charge in [0.25, 0.3) is 5.56 Å². The van der Waals surface area contributed by atoms with Crippen molar-refractivity contribution < 1.29 is 9.47 Å². The van der Waals surface area contributed by atoms with E-state index in [0.717, 1.165) is 61.9 Å². The van der Waals surface area contributed by atoms with E-state index in [-0.39, 0.29) is 11.5 Å². The molecule has 2 aromatic rings. The summed E-state index contributed by atoms with van der Waals surface area (Å²) in [7, 11) is 1.67. The van der Waals surface area contributed by atoms with Gasteiger partial charge in [-0.2, -0.15) is 0 Å². The molecule has 0 spiro atoms. The van der Waals surface area contributed by atoms with Gasteiger partial charge < -0.3 is 14.5 Å². The second-order valence-electron chi connectivity index (χ2n) is 6.97. The minimum atomic E-state index is -0.0507. The van der Waals surface area contributed by atoms with Crippen molar-refractivity contribution >= 4 is 0 Å². The molecule has 1 unspecified atom stereocenters. The van der Waals surface area contributed by atoms with Gasteiger partial charge in [0, 0.05) is 30.8 Å². The van der Waals surface area contributed by atoms with Gasteiger partial charge >= 0.3 is 0 Å². The molecule has 1 aliphatic heterocycles. The highest BCUT2D eigenvalue weighted by Gasteiger charge is 2.24. The smallest absolute Gasteiger partial charge is 0.251 e.